The van der Waals surface area contributed by atoms with Crippen LogP contribution >= 0.6 is 0 Å². The minimum absolute atomic E-state index is 0.00833. The number of benzene rings is 2. The number of hydrogen-bond donors (Lipinski definition) is 1. The summed E-state index contributed by atoms with van der Waals surface area (Å²) in [5.41, 5.74) is -0.220. The predicted molar refractivity (Wildman–Crippen MR) is 90.5 cm³/mol. The molecule has 1 heterocycles. The van der Waals surface area contributed by atoms with Gasteiger partial charge in [-0.2, -0.15) is 0 Å². The van der Waals surface area contributed by atoms with Gasteiger partial charge >= 0.3 is 6.03 Å². The molecule has 1 atom stereocenters. The molecule has 2 aromatic carbocycles. The molecule has 0 aromatic heterocycles. The van der Waals surface area contributed by atoms with Crippen LogP contribution in [0.25, 0.3) is 0 Å². The molecule has 0 bridgehead atoms. The molecule has 1 N–H and O–H groups in total. The number of imide groups is 1. The van der Waals surface area contributed by atoms with Gasteiger partial charge in [0.1, 0.15) is 11.4 Å². The quantitative estimate of drug-likeness (QED) is 0.506. The Morgan fingerprint density at radius 1 is 1.12 bits per heavy atom. The van der Waals surface area contributed by atoms with Crippen LogP contribution < -0.4 is 5.32 Å². The van der Waals surface area contributed by atoms with E-state index in [4.69, 9.17) is 0 Å². The fourth-order valence-corrected chi connectivity index (χ4v) is 3.05. The van der Waals surface area contributed by atoms with Crippen molar-refractivity contribution in [2.24, 2.45) is 0 Å². The van der Waals surface area contributed by atoms with Gasteiger partial charge in [0, 0.05) is 12.1 Å². The van der Waals surface area contributed by atoms with Crippen LogP contribution in [-0.2, 0) is 16.9 Å². The van der Waals surface area contributed by atoms with Crippen molar-refractivity contribution in [2.45, 2.75) is 25.4 Å². The molecule has 0 spiro atoms. The maximum Gasteiger partial charge on any atom is 0.325 e. The lowest BCUT2D eigenvalue weighted by atomic mass is 9.87. The maximum absolute atomic E-state index is 13.2. The van der Waals surface area contributed by atoms with Crippen LogP contribution in [0.4, 0.5) is 14.9 Å². The second-order valence-corrected chi connectivity index (χ2v) is 6.01. The lowest BCUT2D eigenvalue weighted by Crippen LogP contribution is -2.43. The third-order valence-corrected chi connectivity index (χ3v) is 4.53. The minimum atomic E-state index is -1.24. The number of non-ortho nitro benzene ring substituents is 1. The molecule has 3 rings (SSSR count). The molecule has 0 aliphatic carbocycles. The lowest BCUT2D eigenvalue weighted by Gasteiger charge is -2.25. The van der Waals surface area contributed by atoms with Crippen molar-refractivity contribution in [3.8, 4) is 0 Å². The van der Waals surface area contributed by atoms with Crippen molar-refractivity contribution >= 4 is 17.6 Å². The van der Waals surface area contributed by atoms with Crippen molar-refractivity contribution in [3.63, 3.8) is 0 Å². The van der Waals surface area contributed by atoms with E-state index < -0.39 is 28.2 Å². The van der Waals surface area contributed by atoms with E-state index in [1.54, 1.807) is 6.92 Å². The molecule has 7 nitrogen and oxygen atoms in total. The largest absolute Gasteiger partial charge is 0.325 e. The Hall–Kier alpha value is -3.29. The van der Waals surface area contributed by atoms with Crippen LogP contribution in [0.1, 0.15) is 24.5 Å². The van der Waals surface area contributed by atoms with Gasteiger partial charge < -0.3 is 5.32 Å². The van der Waals surface area contributed by atoms with Gasteiger partial charge in [0.15, 0.2) is 0 Å². The summed E-state index contributed by atoms with van der Waals surface area (Å²) in [6, 6.07) is 10.5. The van der Waals surface area contributed by atoms with E-state index in [1.165, 1.54) is 48.5 Å². The number of nitro benzene ring substituents is 1. The van der Waals surface area contributed by atoms with E-state index in [1.807, 2.05) is 0 Å². The van der Waals surface area contributed by atoms with E-state index in [0.717, 1.165) is 4.90 Å². The van der Waals surface area contributed by atoms with Crippen molar-refractivity contribution < 1.29 is 18.9 Å². The van der Waals surface area contributed by atoms with Gasteiger partial charge in [0.05, 0.1) is 11.5 Å². The molecule has 1 aliphatic heterocycles. The normalized spacial score (nSPS) is 19.5. The minimum Gasteiger partial charge on any atom is -0.319 e. The zero-order valence-electron chi connectivity index (χ0n) is 13.9. The number of nitrogens with one attached hydrogen (secondary N) is 1. The monoisotopic (exact) mass is 357 g/mol. The summed E-state index contributed by atoms with van der Waals surface area (Å²) >= 11 is 0. The van der Waals surface area contributed by atoms with Crippen LogP contribution in [0.5, 0.6) is 0 Å². The van der Waals surface area contributed by atoms with Crippen molar-refractivity contribution in [2.75, 3.05) is 0 Å². The summed E-state index contributed by atoms with van der Waals surface area (Å²) in [6.07, 6.45) is 0.306. The average molecular weight is 357 g/mol. The SMILES string of the molecule is CC[C@@]1(c2ccc(F)cc2)NC(=O)N(Cc2ccc([N+](=O)[O-])cc2)C1=O. The van der Waals surface area contributed by atoms with E-state index in [0.29, 0.717) is 17.5 Å². The smallest absolute Gasteiger partial charge is 0.319 e. The summed E-state index contributed by atoms with van der Waals surface area (Å²) in [5, 5.41) is 13.4. The standard InChI is InChI=1S/C18H16FN3O4/c1-2-18(13-5-7-14(19)8-6-13)16(23)21(17(24)20-18)11-12-3-9-15(10-4-12)22(25)26/h3-10H,2,11H2,1H3,(H,20,24)/t18-/m0/s1. The second kappa shape index (κ2) is 6.55. The van der Waals surface area contributed by atoms with Crippen LogP contribution in [0, 0.1) is 15.9 Å². The van der Waals surface area contributed by atoms with Crippen LogP contribution in [0.3, 0.4) is 0 Å². The molecule has 134 valence electrons. The highest BCUT2D eigenvalue weighted by Crippen LogP contribution is 2.33. The van der Waals surface area contributed by atoms with E-state index in [9.17, 15) is 24.1 Å². The van der Waals surface area contributed by atoms with Gasteiger partial charge in [-0.3, -0.25) is 19.8 Å². The molecule has 0 unspecified atom stereocenters. The third-order valence-electron chi connectivity index (χ3n) is 4.53. The molecular formula is C18H16FN3O4. The number of hydrogen-bond acceptors (Lipinski definition) is 4. The molecule has 8 heteroatoms. The number of nitro groups is 1. The van der Waals surface area contributed by atoms with Crippen LogP contribution in [-0.4, -0.2) is 21.8 Å². The number of urea groups is 1. The molecule has 1 aliphatic rings. The first-order chi connectivity index (χ1) is 12.4. The third kappa shape index (κ3) is 2.90. The first-order valence-corrected chi connectivity index (χ1v) is 8.01. The molecule has 0 saturated carbocycles. The average Bonchev–Trinajstić information content (AvgIpc) is 2.88. The van der Waals surface area contributed by atoms with Crippen molar-refractivity contribution in [3.05, 3.63) is 75.6 Å². The van der Waals surface area contributed by atoms with Gasteiger partial charge in [-0.25, -0.2) is 9.18 Å². The first-order valence-electron chi connectivity index (χ1n) is 8.01. The number of carbonyl (C=O) groups excluding carboxylic acids is 2. The Morgan fingerprint density at radius 2 is 1.73 bits per heavy atom. The number of carbonyl (C=O) groups is 2. The molecule has 1 saturated heterocycles. The fourth-order valence-electron chi connectivity index (χ4n) is 3.05. The zero-order chi connectivity index (χ0) is 18.9. The number of amides is 3. The predicted octanol–water partition coefficient (Wildman–Crippen LogP) is 3.09. The Kier molecular flexibility index (Phi) is 4.41. The van der Waals surface area contributed by atoms with Crippen LogP contribution in [0.2, 0.25) is 0 Å². The summed E-state index contributed by atoms with van der Waals surface area (Å²) < 4.78 is 13.2. The molecule has 26 heavy (non-hydrogen) atoms. The topological polar surface area (TPSA) is 92.6 Å². The highest BCUT2D eigenvalue weighted by Gasteiger charge is 2.51. The van der Waals surface area contributed by atoms with Gasteiger partial charge in [-0.05, 0) is 29.7 Å². The Bertz CT molecular complexity index is 867. The molecule has 3 amide bonds. The van der Waals surface area contributed by atoms with Gasteiger partial charge in [0.2, 0.25) is 0 Å². The maximum atomic E-state index is 13.2. The Morgan fingerprint density at radius 3 is 2.27 bits per heavy atom. The van der Waals surface area contributed by atoms with Crippen molar-refractivity contribution in [1.82, 2.24) is 10.2 Å². The zero-order valence-corrected chi connectivity index (χ0v) is 13.9. The molecular weight excluding hydrogens is 341 g/mol. The van der Waals surface area contributed by atoms with E-state index in [-0.39, 0.29) is 12.2 Å². The van der Waals surface area contributed by atoms with Gasteiger partial charge in [-0.1, -0.05) is 31.2 Å². The van der Waals surface area contributed by atoms with Gasteiger partial charge in [0.25, 0.3) is 11.6 Å². The summed E-state index contributed by atoms with van der Waals surface area (Å²) in [5.74, 6) is -0.866. The summed E-state index contributed by atoms with van der Waals surface area (Å²) in [7, 11) is 0. The highest BCUT2D eigenvalue weighted by molar-refractivity contribution is 6.07. The summed E-state index contributed by atoms with van der Waals surface area (Å²) in [4.78, 5) is 36.6. The van der Waals surface area contributed by atoms with E-state index >= 15 is 0 Å². The second-order valence-electron chi connectivity index (χ2n) is 6.01. The van der Waals surface area contributed by atoms with Gasteiger partial charge in [-0.15, -0.1) is 0 Å². The molecule has 1 fully saturated rings. The Labute approximate surface area is 148 Å². The Balaban J connectivity index is 1.88. The van der Waals surface area contributed by atoms with Crippen molar-refractivity contribution in [1.29, 1.82) is 0 Å². The summed E-state index contributed by atoms with van der Waals surface area (Å²) in [6.45, 7) is 1.75. The fraction of sp³-hybridized carbons (Fsp3) is 0.222. The first kappa shape index (κ1) is 17.5. The highest BCUT2D eigenvalue weighted by atomic mass is 19.1. The van der Waals surface area contributed by atoms with Crippen LogP contribution in [0.15, 0.2) is 48.5 Å². The number of halogens is 1. The number of rotatable bonds is 5. The molecule has 2 aromatic rings. The van der Waals surface area contributed by atoms with E-state index in [2.05, 4.69) is 5.32 Å². The lowest BCUT2D eigenvalue weighted by molar-refractivity contribution is -0.384. The number of nitrogens with zero attached hydrogens (tertiary/aromatic N) is 2. The molecule has 0 radical (unpaired) electrons.